The highest BCUT2D eigenvalue weighted by atomic mass is 15.1. The average molecular weight is 279 g/mol. The summed E-state index contributed by atoms with van der Waals surface area (Å²) in [5.41, 5.74) is -0.296. The molecule has 0 aromatic rings. The third-order valence-corrected chi connectivity index (χ3v) is 4.72. The summed E-state index contributed by atoms with van der Waals surface area (Å²) < 4.78 is 0. The smallest absolute Gasteiger partial charge is 0.106 e. The molecule has 0 aromatic carbocycles. The zero-order valence-electron chi connectivity index (χ0n) is 13.7. The SMILES string of the molecule is CCCNC(C#N)(CC)CCCN1CCCC(C)CC1. The molecule has 2 atom stereocenters. The molecule has 2 unspecified atom stereocenters. The van der Waals surface area contributed by atoms with E-state index in [0.717, 1.165) is 44.7 Å². The van der Waals surface area contributed by atoms with E-state index in [1.165, 1.54) is 32.4 Å². The quantitative estimate of drug-likeness (QED) is 0.738. The molecule has 1 aliphatic heterocycles. The molecule has 1 heterocycles. The molecule has 0 saturated carbocycles. The van der Waals surface area contributed by atoms with Gasteiger partial charge in [-0.3, -0.25) is 5.32 Å². The second kappa shape index (κ2) is 9.37. The standard InChI is InChI=1S/C17H33N3/c1-4-11-19-17(5-2,15-18)10-7-13-20-12-6-8-16(3)9-14-20/h16,19H,4-14H2,1-3H3. The Morgan fingerprint density at radius 1 is 1.30 bits per heavy atom. The van der Waals surface area contributed by atoms with E-state index in [9.17, 15) is 5.26 Å². The fourth-order valence-electron chi connectivity index (χ4n) is 3.08. The van der Waals surface area contributed by atoms with Crippen molar-refractivity contribution in [1.82, 2.24) is 10.2 Å². The molecule has 116 valence electrons. The van der Waals surface area contributed by atoms with E-state index >= 15 is 0 Å². The van der Waals surface area contributed by atoms with Crippen LogP contribution < -0.4 is 5.32 Å². The van der Waals surface area contributed by atoms with Gasteiger partial charge >= 0.3 is 0 Å². The molecule has 1 rings (SSSR count). The van der Waals surface area contributed by atoms with Gasteiger partial charge in [0, 0.05) is 0 Å². The number of nitrogens with one attached hydrogen (secondary N) is 1. The van der Waals surface area contributed by atoms with E-state index in [1.807, 2.05) is 0 Å². The predicted octanol–water partition coefficient (Wildman–Crippen LogP) is 3.56. The summed E-state index contributed by atoms with van der Waals surface area (Å²) in [6.45, 7) is 11.2. The van der Waals surface area contributed by atoms with Crippen molar-refractivity contribution in [2.75, 3.05) is 26.2 Å². The summed E-state index contributed by atoms with van der Waals surface area (Å²) in [4.78, 5) is 2.60. The maximum atomic E-state index is 9.49. The van der Waals surface area contributed by atoms with Gasteiger partial charge in [-0.05, 0) is 77.0 Å². The molecular weight excluding hydrogens is 246 g/mol. The van der Waals surface area contributed by atoms with Crippen LogP contribution in [0.3, 0.4) is 0 Å². The highest BCUT2D eigenvalue weighted by molar-refractivity contribution is 5.06. The van der Waals surface area contributed by atoms with Gasteiger partial charge in [0.1, 0.15) is 5.54 Å². The summed E-state index contributed by atoms with van der Waals surface area (Å²) in [6.07, 6.45) is 8.16. The zero-order valence-corrected chi connectivity index (χ0v) is 13.7. The van der Waals surface area contributed by atoms with Crippen LogP contribution in [0.15, 0.2) is 0 Å². The minimum absolute atomic E-state index is 0.296. The molecule has 3 heteroatoms. The number of hydrogen-bond donors (Lipinski definition) is 1. The Balaban J connectivity index is 2.34. The van der Waals surface area contributed by atoms with Crippen molar-refractivity contribution in [3.63, 3.8) is 0 Å². The van der Waals surface area contributed by atoms with E-state index in [1.54, 1.807) is 0 Å². The molecule has 1 saturated heterocycles. The molecule has 1 N–H and O–H groups in total. The minimum atomic E-state index is -0.296. The van der Waals surface area contributed by atoms with Crippen LogP contribution >= 0.6 is 0 Å². The van der Waals surface area contributed by atoms with Crippen LogP contribution in [0.25, 0.3) is 0 Å². The molecule has 0 radical (unpaired) electrons. The van der Waals surface area contributed by atoms with Gasteiger partial charge in [0.2, 0.25) is 0 Å². The Kier molecular flexibility index (Phi) is 8.18. The van der Waals surface area contributed by atoms with Crippen LogP contribution in [0, 0.1) is 17.2 Å². The molecule has 0 aromatic heterocycles. The van der Waals surface area contributed by atoms with Gasteiger partial charge in [0.05, 0.1) is 6.07 Å². The first-order valence-corrected chi connectivity index (χ1v) is 8.54. The van der Waals surface area contributed by atoms with Crippen LogP contribution in [0.5, 0.6) is 0 Å². The Morgan fingerprint density at radius 2 is 2.10 bits per heavy atom. The van der Waals surface area contributed by atoms with Crippen molar-refractivity contribution >= 4 is 0 Å². The van der Waals surface area contributed by atoms with Crippen molar-refractivity contribution in [2.45, 2.75) is 71.3 Å². The summed E-state index contributed by atoms with van der Waals surface area (Å²) in [6, 6.07) is 2.53. The van der Waals surface area contributed by atoms with Crippen LogP contribution in [-0.2, 0) is 0 Å². The van der Waals surface area contributed by atoms with Crippen LogP contribution in [0.4, 0.5) is 0 Å². The first-order chi connectivity index (χ1) is 9.65. The fraction of sp³-hybridized carbons (Fsp3) is 0.941. The van der Waals surface area contributed by atoms with Gasteiger partial charge < -0.3 is 4.90 Å². The second-order valence-electron chi connectivity index (χ2n) is 6.46. The van der Waals surface area contributed by atoms with Gasteiger partial charge in [-0.1, -0.05) is 20.8 Å². The monoisotopic (exact) mass is 279 g/mol. The van der Waals surface area contributed by atoms with Crippen molar-refractivity contribution in [1.29, 1.82) is 5.26 Å². The first-order valence-electron chi connectivity index (χ1n) is 8.54. The van der Waals surface area contributed by atoms with E-state index in [0.29, 0.717) is 0 Å². The maximum Gasteiger partial charge on any atom is 0.106 e. The van der Waals surface area contributed by atoms with Crippen molar-refractivity contribution in [3.05, 3.63) is 0 Å². The highest BCUT2D eigenvalue weighted by Gasteiger charge is 2.26. The maximum absolute atomic E-state index is 9.49. The zero-order chi connectivity index (χ0) is 14.8. The summed E-state index contributed by atoms with van der Waals surface area (Å²) >= 11 is 0. The fourth-order valence-corrected chi connectivity index (χ4v) is 3.08. The molecule has 0 amide bonds. The number of nitrogens with zero attached hydrogens (tertiary/aromatic N) is 2. The summed E-state index contributed by atoms with van der Waals surface area (Å²) in [5.74, 6) is 0.889. The topological polar surface area (TPSA) is 39.1 Å². The molecule has 1 fully saturated rings. The molecule has 0 bridgehead atoms. The van der Waals surface area contributed by atoms with Crippen molar-refractivity contribution in [2.24, 2.45) is 5.92 Å². The largest absolute Gasteiger partial charge is 0.303 e. The Bertz CT molecular complexity index is 297. The lowest BCUT2D eigenvalue weighted by molar-refractivity contribution is 0.258. The molecule has 3 nitrogen and oxygen atoms in total. The van der Waals surface area contributed by atoms with Gasteiger partial charge in [-0.15, -0.1) is 0 Å². The van der Waals surface area contributed by atoms with E-state index < -0.39 is 0 Å². The normalized spacial score (nSPS) is 23.8. The van der Waals surface area contributed by atoms with Crippen LogP contribution in [0.1, 0.15) is 65.7 Å². The van der Waals surface area contributed by atoms with Crippen molar-refractivity contribution in [3.8, 4) is 6.07 Å². The van der Waals surface area contributed by atoms with Gasteiger partial charge in [0.15, 0.2) is 0 Å². The Hall–Kier alpha value is -0.590. The molecule has 0 aliphatic carbocycles. The Morgan fingerprint density at radius 3 is 2.75 bits per heavy atom. The van der Waals surface area contributed by atoms with Gasteiger partial charge in [0.25, 0.3) is 0 Å². The number of hydrogen-bond acceptors (Lipinski definition) is 3. The van der Waals surface area contributed by atoms with Crippen LogP contribution in [-0.4, -0.2) is 36.6 Å². The predicted molar refractivity (Wildman–Crippen MR) is 85.6 cm³/mol. The summed E-state index contributed by atoms with van der Waals surface area (Å²) in [7, 11) is 0. The molecule has 0 spiro atoms. The molecular formula is C17H33N3. The third kappa shape index (κ3) is 5.81. The molecule has 20 heavy (non-hydrogen) atoms. The van der Waals surface area contributed by atoms with Gasteiger partial charge in [-0.2, -0.15) is 5.26 Å². The lowest BCUT2D eigenvalue weighted by Gasteiger charge is -2.28. The Labute approximate surface area is 125 Å². The number of likely N-dealkylation sites (tertiary alicyclic amines) is 1. The van der Waals surface area contributed by atoms with Crippen molar-refractivity contribution < 1.29 is 0 Å². The highest BCUT2D eigenvalue weighted by Crippen LogP contribution is 2.20. The minimum Gasteiger partial charge on any atom is -0.303 e. The lowest BCUT2D eigenvalue weighted by Crippen LogP contribution is -2.44. The van der Waals surface area contributed by atoms with Crippen LogP contribution in [0.2, 0.25) is 0 Å². The second-order valence-corrected chi connectivity index (χ2v) is 6.46. The van der Waals surface area contributed by atoms with E-state index in [-0.39, 0.29) is 5.54 Å². The van der Waals surface area contributed by atoms with E-state index in [2.05, 4.69) is 37.1 Å². The van der Waals surface area contributed by atoms with E-state index in [4.69, 9.17) is 0 Å². The summed E-state index contributed by atoms with van der Waals surface area (Å²) in [5, 5.41) is 13.0. The number of rotatable bonds is 8. The van der Waals surface area contributed by atoms with Gasteiger partial charge in [-0.25, -0.2) is 0 Å². The lowest BCUT2D eigenvalue weighted by atomic mass is 9.91. The number of nitriles is 1. The first kappa shape index (κ1) is 17.5. The molecule has 1 aliphatic rings. The third-order valence-electron chi connectivity index (χ3n) is 4.72. The average Bonchev–Trinajstić information content (AvgIpc) is 2.68.